The molecule has 0 radical (unpaired) electrons. The van der Waals surface area contributed by atoms with Crippen LogP contribution in [0.15, 0.2) is 127 Å². The van der Waals surface area contributed by atoms with E-state index in [2.05, 4.69) is 190 Å². The number of nitrogens with zero attached hydrogens (tertiary/aromatic N) is 20. The number of carbonyl (C=O) groups excluding carboxylic acids is 5. The van der Waals surface area contributed by atoms with E-state index >= 15 is 0 Å². The van der Waals surface area contributed by atoms with Crippen LogP contribution in [-0.4, -0.2) is 223 Å². The Hall–Kier alpha value is -11.9. The Morgan fingerprint density at radius 2 is 0.742 bits per heavy atom. The number of anilines is 15. The maximum Gasteiger partial charge on any atom is 0.330 e. The van der Waals surface area contributed by atoms with Gasteiger partial charge in [-0.15, -0.1) is 0 Å². The molecule has 8 aliphatic rings. The third kappa shape index (κ3) is 19.5. The molecule has 5 aromatic heterocycles. The molecule has 5 fully saturated rings. The van der Waals surface area contributed by atoms with Gasteiger partial charge in [-0.1, -0.05) is 54.4 Å². The van der Waals surface area contributed by atoms with Crippen LogP contribution in [0.2, 0.25) is 0 Å². The van der Waals surface area contributed by atoms with Crippen LogP contribution in [0.4, 0.5) is 86.7 Å². The molecule has 7 aliphatic heterocycles. The predicted molar refractivity (Wildman–Crippen MR) is 474 cm³/mol. The van der Waals surface area contributed by atoms with Crippen molar-refractivity contribution in [2.24, 2.45) is 7.05 Å². The summed E-state index contributed by atoms with van der Waals surface area (Å²) in [6.07, 6.45) is 18.1. The molecule has 31 nitrogen and oxygen atoms in total. The summed E-state index contributed by atoms with van der Waals surface area (Å²) in [5.74, 6) is 4.96. The molecule has 120 heavy (non-hydrogen) atoms. The summed E-state index contributed by atoms with van der Waals surface area (Å²) in [7, 11) is 3.92. The zero-order chi connectivity index (χ0) is 84.1. The summed E-state index contributed by atoms with van der Waals surface area (Å²) in [6, 6.07) is 33.7. The van der Waals surface area contributed by atoms with Gasteiger partial charge in [-0.05, 0) is 155 Å². The third-order valence-corrected chi connectivity index (χ3v) is 24.4. The lowest BCUT2D eigenvalue weighted by atomic mass is 10.1. The first-order valence-corrected chi connectivity index (χ1v) is 43.0. The fraction of sp³-hybridized carbons (Fsp3) is 0.483. The van der Waals surface area contributed by atoms with Crippen LogP contribution in [0, 0.1) is 0 Å². The van der Waals surface area contributed by atoms with Gasteiger partial charge < -0.3 is 60.3 Å². The second-order valence-corrected chi connectivity index (χ2v) is 32.0. The molecule has 4 aromatic carbocycles. The number of imidazole rings is 1. The molecule has 9 aromatic rings. The van der Waals surface area contributed by atoms with Crippen molar-refractivity contribution in [2.75, 3.05) is 167 Å². The largest absolute Gasteiger partial charge is 0.378 e. The molecule has 4 N–H and O–H groups in total. The average Bonchev–Trinajstić information content (AvgIpc) is 1.63. The number of hydrogen-bond donors (Lipinski definition) is 4. The van der Waals surface area contributed by atoms with Gasteiger partial charge >= 0.3 is 5.69 Å². The molecule has 0 bridgehead atoms. The fourth-order valence-corrected chi connectivity index (χ4v) is 17.2. The molecule has 17 rings (SSSR count). The maximum absolute atomic E-state index is 12.8. The van der Waals surface area contributed by atoms with E-state index in [1.807, 2.05) is 60.9 Å². The number of benzene rings is 4. The van der Waals surface area contributed by atoms with Gasteiger partial charge in [0.1, 0.15) is 23.0 Å². The number of likely N-dealkylation sites (N-methyl/N-ethyl adjacent to an activating group) is 1. The van der Waals surface area contributed by atoms with Crippen LogP contribution >= 0.6 is 0 Å². The Labute approximate surface area is 702 Å². The van der Waals surface area contributed by atoms with E-state index in [1.54, 1.807) is 54.8 Å². The number of aromatic nitrogens is 10. The van der Waals surface area contributed by atoms with Gasteiger partial charge in [0, 0.05) is 217 Å². The van der Waals surface area contributed by atoms with Gasteiger partial charge in [0.25, 0.3) is 0 Å². The van der Waals surface area contributed by atoms with E-state index in [4.69, 9.17) is 9.72 Å². The van der Waals surface area contributed by atoms with Crippen LogP contribution in [-0.2, 0) is 55.0 Å². The van der Waals surface area contributed by atoms with Crippen molar-refractivity contribution < 1.29 is 28.7 Å². The Kier molecular flexibility index (Phi) is 27.4. The van der Waals surface area contributed by atoms with E-state index in [0.717, 1.165) is 230 Å². The molecule has 0 atom stereocenters. The molecule has 31 heteroatoms. The first kappa shape index (κ1) is 84.6. The quantitative estimate of drug-likeness (QED) is 0.0490. The number of ether oxygens (including phenoxy) is 1. The lowest BCUT2D eigenvalue weighted by molar-refractivity contribution is -0.129. The Balaban J connectivity index is 0.000000131. The second kappa shape index (κ2) is 38.9. The Morgan fingerprint density at radius 1 is 0.408 bits per heavy atom. The van der Waals surface area contributed by atoms with Crippen LogP contribution in [0.25, 0.3) is 11.2 Å². The van der Waals surface area contributed by atoms with Crippen LogP contribution in [0.1, 0.15) is 142 Å². The number of carbonyl (C=O) groups is 5. The summed E-state index contributed by atoms with van der Waals surface area (Å²) in [5, 5.41) is 13.1. The molecular weight excluding hydrogens is 1520 g/mol. The number of nitrogens with one attached hydrogen (secondary N) is 4. The normalized spacial score (nSPS) is 16.8. The van der Waals surface area contributed by atoms with Crippen molar-refractivity contribution in [1.82, 2.24) is 63.7 Å². The van der Waals surface area contributed by atoms with Crippen LogP contribution in [0.3, 0.4) is 0 Å². The van der Waals surface area contributed by atoms with E-state index in [-0.39, 0.29) is 53.4 Å². The van der Waals surface area contributed by atoms with Crippen LogP contribution in [0.5, 0.6) is 0 Å². The predicted octanol–water partition coefficient (Wildman–Crippen LogP) is 11.8. The van der Waals surface area contributed by atoms with E-state index in [1.165, 1.54) is 24.2 Å². The minimum atomic E-state index is -0.0608. The molecule has 1 aliphatic carbocycles. The smallest absolute Gasteiger partial charge is 0.330 e. The minimum absolute atomic E-state index is 0.0608. The molecule has 1 saturated carbocycles. The van der Waals surface area contributed by atoms with Crippen molar-refractivity contribution in [2.45, 2.75) is 163 Å². The summed E-state index contributed by atoms with van der Waals surface area (Å²) < 4.78 is 8.81. The summed E-state index contributed by atoms with van der Waals surface area (Å²) in [4.78, 5) is 131. The monoisotopic (exact) mass is 1630 g/mol. The zero-order valence-corrected chi connectivity index (χ0v) is 71.2. The van der Waals surface area contributed by atoms with Gasteiger partial charge in [0.15, 0.2) is 5.65 Å². The number of aryl methyl sites for hydroxylation is 1. The van der Waals surface area contributed by atoms with Crippen molar-refractivity contribution in [3.8, 4) is 0 Å². The van der Waals surface area contributed by atoms with Gasteiger partial charge in [0.2, 0.25) is 53.3 Å². The highest BCUT2D eigenvalue weighted by atomic mass is 16.5. The zero-order valence-electron chi connectivity index (χ0n) is 71.2. The number of amides is 5. The number of rotatable bonds is 22. The fourth-order valence-electron chi connectivity index (χ4n) is 17.2. The molecule has 634 valence electrons. The summed E-state index contributed by atoms with van der Waals surface area (Å²) in [6.45, 7) is 29.8. The number of piperazine rings is 3. The highest BCUT2D eigenvalue weighted by molar-refractivity contribution is 6.02. The van der Waals surface area contributed by atoms with Gasteiger partial charge in [0.05, 0.1) is 38.7 Å². The van der Waals surface area contributed by atoms with Gasteiger partial charge in [-0.3, -0.25) is 47.8 Å². The molecule has 0 unspecified atom stereocenters. The maximum atomic E-state index is 12.8. The second-order valence-electron chi connectivity index (χ2n) is 32.0. The number of hydrogen-bond acceptors (Lipinski definition) is 24. The molecule has 12 heterocycles. The van der Waals surface area contributed by atoms with E-state index in [0.29, 0.717) is 54.7 Å². The highest BCUT2D eigenvalue weighted by Crippen LogP contribution is 2.38. The van der Waals surface area contributed by atoms with E-state index < -0.39 is 0 Å². The van der Waals surface area contributed by atoms with Crippen molar-refractivity contribution in [3.05, 3.63) is 149 Å². The lowest BCUT2D eigenvalue weighted by Crippen LogP contribution is -2.48. The average molecular weight is 1630 g/mol. The molecule has 5 amide bonds. The third-order valence-electron chi connectivity index (χ3n) is 24.4. The van der Waals surface area contributed by atoms with Gasteiger partial charge in [-0.2, -0.15) is 19.9 Å². The van der Waals surface area contributed by atoms with Crippen molar-refractivity contribution in [1.29, 1.82) is 0 Å². The first-order valence-electron chi connectivity index (χ1n) is 43.0. The minimum Gasteiger partial charge on any atom is -0.378 e. The lowest BCUT2D eigenvalue weighted by Gasteiger charge is -2.35. The molecular formula is C89H116N24O7. The van der Waals surface area contributed by atoms with Crippen LogP contribution < -0.4 is 61.3 Å². The summed E-state index contributed by atoms with van der Waals surface area (Å²) >= 11 is 0. The van der Waals surface area contributed by atoms with Crippen molar-refractivity contribution in [3.63, 3.8) is 0 Å². The molecule has 0 spiro atoms. The van der Waals surface area contributed by atoms with Gasteiger partial charge in [-0.25, -0.2) is 24.7 Å². The highest BCUT2D eigenvalue weighted by Gasteiger charge is 2.38. The first-order chi connectivity index (χ1) is 58.3. The standard InChI is InChI=1S/C23H31N7O2.C23H30N6O2.C22H30N6O.C21H25N5O2/c1-5-18(6-2)30-21-20(27(4)23(30)32)15-24-22(26-21)25-17-7-9-19(10-8-17)29-13-11-28(12-14-29)16(3)31;1-4-19(5-2)29-21(31)14-17-15-24-23(26-22(17)29)25-18-6-8-20(9-7-18)28-12-10-27(11-13-28)16(3)30;1-4-18(5-2)28-20(29)14-16-15-23-22(25-21(16)28)24-17-6-8-19(9-7-17)27-12-10-26(3)11-13-27;27-19-13-15-14-22-21(24-20(15)26(19)18-3-1-2-4-18)23-16-5-7-17(8-6-16)25-9-11-28-12-10-25/h7-10,15,18H,5-6,11-14H2,1-4H3,(H,24,25,26);6-9,15,19H,4-5,10-14H2,1-3H3,(H,24,25,26);6-9,15,18H,4-5,10-14H2,1-3H3,(H,23,24,25);5-8,14,18H,1-4,9-13H2,(H,22,23,24). The van der Waals surface area contributed by atoms with E-state index in [9.17, 15) is 28.8 Å². The SMILES string of the molecule is CCC(CC)N1C(=O)Cc2cnc(Nc3ccc(N4CCN(C(C)=O)CC4)cc3)nc21.CCC(CC)N1C(=O)Cc2cnc(Nc3ccc(N4CCN(C)CC4)cc3)nc21.CCC(CC)n1c(=O)n(C)c2cnc(Nc3ccc(N4CCN(C(C)=O)CC4)cc3)nc21.O=C1Cc2cnc(Nc3ccc(N4CCOCC4)cc3)nc2N1C1CCCC1. The van der Waals surface area contributed by atoms with Crippen molar-refractivity contribution >= 4 is 127 Å². The number of fused-ring (bicyclic) bond motifs is 4. The Morgan fingerprint density at radius 3 is 1.12 bits per heavy atom. The molecule has 4 saturated heterocycles. The topological polar surface area (TPSA) is 305 Å². The Bertz CT molecular complexity index is 5080. The summed E-state index contributed by atoms with van der Waals surface area (Å²) in [5.41, 5.74) is 12.4. The number of morpholine rings is 1.